The lowest BCUT2D eigenvalue weighted by Gasteiger charge is -2.11. The average molecular weight is 464 g/mol. The first-order valence-corrected chi connectivity index (χ1v) is 12.7. The second-order valence-corrected chi connectivity index (χ2v) is 10.4. The predicted octanol–water partition coefficient (Wildman–Crippen LogP) is 9.67. The molecule has 0 radical (unpaired) electrons. The Morgan fingerprint density at radius 2 is 1.34 bits per heavy atom. The highest BCUT2D eigenvalue weighted by molar-refractivity contribution is 7.25. The van der Waals surface area contributed by atoms with Crippen LogP contribution in [0, 0.1) is 0 Å². The van der Waals surface area contributed by atoms with Gasteiger partial charge in [-0.3, -0.25) is 0 Å². The maximum Gasteiger partial charge on any atom is 0.136 e. The normalized spacial score (nSPS) is 12.6. The Hall–Kier alpha value is -4.34. The summed E-state index contributed by atoms with van der Waals surface area (Å²) in [4.78, 5) is 0. The highest BCUT2D eigenvalue weighted by Crippen LogP contribution is 2.44. The lowest BCUT2D eigenvalue weighted by atomic mass is 9.97. The molecule has 9 rings (SSSR count). The van der Waals surface area contributed by atoms with E-state index < -0.39 is 0 Å². The zero-order valence-electron chi connectivity index (χ0n) is 18.6. The largest absolute Gasteiger partial charge is 0.456 e. The van der Waals surface area contributed by atoms with E-state index in [1.54, 1.807) is 0 Å². The number of aromatic nitrogens is 1. The molecule has 0 saturated carbocycles. The predicted molar refractivity (Wildman–Crippen MR) is 150 cm³/mol. The van der Waals surface area contributed by atoms with E-state index in [0.29, 0.717) is 0 Å². The number of rotatable bonds is 0. The van der Waals surface area contributed by atoms with Crippen LogP contribution in [0.3, 0.4) is 0 Å². The maximum atomic E-state index is 6.32. The van der Waals surface area contributed by atoms with Crippen LogP contribution in [0.2, 0.25) is 0 Å². The molecule has 0 fully saturated rings. The van der Waals surface area contributed by atoms with E-state index in [1.165, 1.54) is 68.9 Å². The van der Waals surface area contributed by atoms with Crippen LogP contribution in [-0.2, 0) is 0 Å². The molecular weight excluding hydrogens is 446 g/mol. The summed E-state index contributed by atoms with van der Waals surface area (Å²) in [5.41, 5.74) is 4.35. The van der Waals surface area contributed by atoms with Gasteiger partial charge in [-0.15, -0.1) is 11.3 Å². The van der Waals surface area contributed by atoms with Crippen LogP contribution < -0.4 is 0 Å². The lowest BCUT2D eigenvalue weighted by Crippen LogP contribution is -1.90. The second-order valence-electron chi connectivity index (χ2n) is 9.36. The Kier molecular flexibility index (Phi) is 3.20. The molecule has 9 aromatic rings. The van der Waals surface area contributed by atoms with Gasteiger partial charge in [-0.1, -0.05) is 60.7 Å². The number of benzene rings is 5. The number of hydrogen-bond donors (Lipinski definition) is 0. The molecule has 0 saturated heterocycles. The Labute approximate surface area is 203 Å². The molecule has 4 aromatic heterocycles. The number of fused-ring (bicyclic) bond motifs is 15. The van der Waals surface area contributed by atoms with Crippen molar-refractivity contribution in [3.05, 3.63) is 103 Å². The molecule has 35 heavy (non-hydrogen) atoms. The summed E-state index contributed by atoms with van der Waals surface area (Å²) in [6, 6.07) is 35.1. The first kappa shape index (κ1) is 18.0. The number of thiophene rings is 1. The number of pyridine rings is 1. The molecule has 0 spiro atoms. The summed E-state index contributed by atoms with van der Waals surface area (Å²) in [5, 5.41) is 11.4. The maximum absolute atomic E-state index is 6.32. The van der Waals surface area contributed by atoms with Crippen molar-refractivity contribution in [2.24, 2.45) is 0 Å². The first-order chi connectivity index (χ1) is 17.3. The van der Waals surface area contributed by atoms with Crippen molar-refractivity contribution in [2.75, 3.05) is 0 Å². The highest BCUT2D eigenvalue weighted by Gasteiger charge is 2.19. The molecule has 4 heterocycles. The van der Waals surface area contributed by atoms with Crippen molar-refractivity contribution in [3.8, 4) is 0 Å². The van der Waals surface area contributed by atoms with E-state index >= 15 is 0 Å². The Morgan fingerprint density at radius 1 is 0.543 bits per heavy atom. The van der Waals surface area contributed by atoms with Gasteiger partial charge in [-0.05, 0) is 41.8 Å². The average Bonchev–Trinajstić information content (AvgIpc) is 3.58. The van der Waals surface area contributed by atoms with Crippen molar-refractivity contribution >= 4 is 91.4 Å². The third-order valence-electron chi connectivity index (χ3n) is 7.55. The number of furan rings is 1. The van der Waals surface area contributed by atoms with Gasteiger partial charge in [0.05, 0.1) is 11.0 Å². The van der Waals surface area contributed by atoms with Gasteiger partial charge >= 0.3 is 0 Å². The monoisotopic (exact) mass is 463 g/mol. The van der Waals surface area contributed by atoms with Crippen molar-refractivity contribution in [1.29, 1.82) is 0 Å². The van der Waals surface area contributed by atoms with Crippen LogP contribution in [0.25, 0.3) is 80.1 Å². The third-order valence-corrected chi connectivity index (χ3v) is 8.68. The summed E-state index contributed by atoms with van der Waals surface area (Å²) < 4.78 is 11.4. The minimum atomic E-state index is 0.933. The molecule has 5 aromatic carbocycles. The van der Waals surface area contributed by atoms with Crippen molar-refractivity contribution < 1.29 is 4.42 Å². The van der Waals surface area contributed by atoms with E-state index in [9.17, 15) is 0 Å². The van der Waals surface area contributed by atoms with Crippen molar-refractivity contribution in [3.63, 3.8) is 0 Å². The number of nitrogens with zero attached hydrogens (tertiary/aromatic N) is 1. The summed E-state index contributed by atoms with van der Waals surface area (Å²) in [6.07, 6.45) is 2.29. The van der Waals surface area contributed by atoms with Gasteiger partial charge in [0.1, 0.15) is 11.2 Å². The van der Waals surface area contributed by atoms with Gasteiger partial charge in [-0.2, -0.15) is 0 Å². The minimum Gasteiger partial charge on any atom is -0.456 e. The van der Waals surface area contributed by atoms with Crippen LogP contribution in [-0.4, -0.2) is 4.40 Å². The molecule has 2 nitrogen and oxygen atoms in total. The second kappa shape index (κ2) is 6.21. The van der Waals surface area contributed by atoms with Crippen LogP contribution in [0.4, 0.5) is 0 Å². The van der Waals surface area contributed by atoms with Crippen LogP contribution in [0.5, 0.6) is 0 Å². The molecule has 0 amide bonds. The summed E-state index contributed by atoms with van der Waals surface area (Å²) in [5.74, 6) is 0. The molecule has 0 aliphatic heterocycles. The fourth-order valence-corrected chi connectivity index (χ4v) is 7.20. The summed E-state index contributed by atoms with van der Waals surface area (Å²) in [6.45, 7) is 0. The van der Waals surface area contributed by atoms with Crippen LogP contribution in [0.1, 0.15) is 0 Å². The third kappa shape index (κ3) is 2.20. The van der Waals surface area contributed by atoms with Gasteiger partial charge < -0.3 is 8.82 Å². The van der Waals surface area contributed by atoms with Gasteiger partial charge in [0.15, 0.2) is 0 Å². The van der Waals surface area contributed by atoms with E-state index in [1.807, 2.05) is 17.4 Å². The Bertz CT molecular complexity index is 2320. The number of hydrogen-bond acceptors (Lipinski definition) is 2. The summed E-state index contributed by atoms with van der Waals surface area (Å²) in [7, 11) is 0. The highest BCUT2D eigenvalue weighted by atomic mass is 32.1. The van der Waals surface area contributed by atoms with E-state index in [-0.39, 0.29) is 0 Å². The SMILES string of the molecule is c1ccc2c(c1)cn1c3ccc4oc5ccccc5c4c3c3cc4c(cc3c21)sc1ccccc14. The molecule has 0 atom stereocenters. The fourth-order valence-electron chi connectivity index (χ4n) is 6.08. The van der Waals surface area contributed by atoms with Gasteiger partial charge in [0, 0.05) is 58.7 Å². The topological polar surface area (TPSA) is 17.6 Å². The molecule has 3 heteroatoms. The molecular formula is C32H17NOS. The number of para-hydroxylation sites is 1. The quantitative estimate of drug-likeness (QED) is 0.205. The molecule has 0 N–H and O–H groups in total. The first-order valence-electron chi connectivity index (χ1n) is 11.9. The molecule has 0 aliphatic carbocycles. The molecule has 0 unspecified atom stereocenters. The van der Waals surface area contributed by atoms with E-state index in [0.717, 1.165) is 11.2 Å². The van der Waals surface area contributed by atoms with Gasteiger partial charge in [-0.25, -0.2) is 0 Å². The molecule has 0 bridgehead atoms. The minimum absolute atomic E-state index is 0.933. The van der Waals surface area contributed by atoms with Crippen molar-refractivity contribution in [1.82, 2.24) is 4.40 Å². The fraction of sp³-hybridized carbons (Fsp3) is 0. The lowest BCUT2D eigenvalue weighted by molar-refractivity contribution is 0.669. The van der Waals surface area contributed by atoms with E-state index in [2.05, 4.69) is 102 Å². The standard InChI is InChI=1S/C32H17NOS/c1-2-8-19-18(7-1)17-33-25-13-14-27-31(21-10-3-5-11-26(21)34-27)30(25)23-15-22-20-9-4-6-12-28(20)35-29(22)16-24(23)32(19)33/h1-17H. The van der Waals surface area contributed by atoms with E-state index in [4.69, 9.17) is 4.42 Å². The van der Waals surface area contributed by atoms with Crippen LogP contribution >= 0.6 is 11.3 Å². The van der Waals surface area contributed by atoms with Gasteiger partial charge in [0.2, 0.25) is 0 Å². The Balaban J connectivity index is 1.67. The van der Waals surface area contributed by atoms with Gasteiger partial charge in [0.25, 0.3) is 0 Å². The smallest absolute Gasteiger partial charge is 0.136 e. The summed E-state index contributed by atoms with van der Waals surface area (Å²) >= 11 is 1.88. The molecule has 0 aliphatic rings. The Morgan fingerprint density at radius 3 is 2.29 bits per heavy atom. The zero-order valence-corrected chi connectivity index (χ0v) is 19.4. The van der Waals surface area contributed by atoms with Crippen molar-refractivity contribution in [2.45, 2.75) is 0 Å². The zero-order chi connectivity index (χ0) is 22.7. The molecule has 162 valence electrons. The van der Waals surface area contributed by atoms with Crippen LogP contribution in [0.15, 0.2) is 108 Å².